The highest BCUT2D eigenvalue weighted by Gasteiger charge is 2.31. The summed E-state index contributed by atoms with van der Waals surface area (Å²) in [6, 6.07) is 8.75. The molecular weight excluding hydrogens is 300 g/mol. The fourth-order valence-electron chi connectivity index (χ4n) is 4.22. The Morgan fingerprint density at radius 2 is 2.12 bits per heavy atom. The second kappa shape index (κ2) is 6.88. The number of allylic oxidation sites excluding steroid dienone is 1. The highest BCUT2D eigenvalue weighted by atomic mass is 16.5. The molecule has 0 saturated carbocycles. The molecule has 128 valence electrons. The van der Waals surface area contributed by atoms with E-state index >= 15 is 0 Å². The number of amides is 1. The average Bonchev–Trinajstić information content (AvgIpc) is 3.18. The molecule has 1 amide bonds. The third kappa shape index (κ3) is 3.14. The van der Waals surface area contributed by atoms with Gasteiger partial charge in [-0.3, -0.25) is 4.79 Å². The molecule has 0 radical (unpaired) electrons. The summed E-state index contributed by atoms with van der Waals surface area (Å²) in [4.78, 5) is 16.4. The summed E-state index contributed by atoms with van der Waals surface area (Å²) in [5, 5.41) is 0. The Hall–Kier alpha value is -1.97. The molecule has 1 saturated heterocycles. The van der Waals surface area contributed by atoms with E-state index in [1.807, 2.05) is 11.2 Å². The van der Waals surface area contributed by atoms with Gasteiger partial charge in [-0.05, 0) is 43.4 Å². The minimum Gasteiger partial charge on any atom is -0.497 e. The monoisotopic (exact) mass is 326 g/mol. The summed E-state index contributed by atoms with van der Waals surface area (Å²) in [6.45, 7) is 3.85. The largest absolute Gasteiger partial charge is 0.497 e. The van der Waals surface area contributed by atoms with Gasteiger partial charge in [-0.2, -0.15) is 0 Å². The van der Waals surface area contributed by atoms with E-state index in [0.29, 0.717) is 17.9 Å². The lowest BCUT2D eigenvalue weighted by Gasteiger charge is -2.27. The number of hydrogen-bond donors (Lipinski definition) is 0. The first-order valence-electron chi connectivity index (χ1n) is 9.23. The summed E-state index contributed by atoms with van der Waals surface area (Å²) in [6.07, 6.45) is 9.28. The van der Waals surface area contributed by atoms with Crippen molar-refractivity contribution < 1.29 is 9.53 Å². The van der Waals surface area contributed by atoms with Gasteiger partial charge < -0.3 is 14.5 Å². The Morgan fingerprint density at radius 1 is 1.21 bits per heavy atom. The Morgan fingerprint density at radius 3 is 2.92 bits per heavy atom. The van der Waals surface area contributed by atoms with Crippen LogP contribution in [0, 0.1) is 0 Å². The number of rotatable bonds is 5. The Balaban J connectivity index is 1.42. The van der Waals surface area contributed by atoms with Gasteiger partial charge in [-0.25, -0.2) is 0 Å². The van der Waals surface area contributed by atoms with Gasteiger partial charge in [-0.1, -0.05) is 18.2 Å². The molecule has 3 aliphatic heterocycles. The van der Waals surface area contributed by atoms with Crippen LogP contribution in [0.4, 0.5) is 5.69 Å². The quantitative estimate of drug-likeness (QED) is 0.832. The zero-order valence-corrected chi connectivity index (χ0v) is 14.2. The van der Waals surface area contributed by atoms with Crippen molar-refractivity contribution in [2.45, 2.75) is 44.1 Å². The van der Waals surface area contributed by atoms with Gasteiger partial charge in [-0.15, -0.1) is 0 Å². The topological polar surface area (TPSA) is 32.8 Å². The third-order valence-corrected chi connectivity index (χ3v) is 5.52. The molecule has 2 atom stereocenters. The number of carbonyl (C=O) groups is 1. The number of anilines is 1. The Kier molecular flexibility index (Phi) is 4.46. The van der Waals surface area contributed by atoms with Gasteiger partial charge >= 0.3 is 0 Å². The molecule has 1 aromatic carbocycles. The lowest BCUT2D eigenvalue weighted by molar-refractivity contribution is -0.127. The molecular formula is C20H26N2O2. The number of carbonyl (C=O) groups excluding carboxylic acids is 1. The van der Waals surface area contributed by atoms with Crippen LogP contribution in [-0.4, -0.2) is 43.1 Å². The van der Waals surface area contributed by atoms with Crippen molar-refractivity contribution in [2.24, 2.45) is 0 Å². The fourth-order valence-corrected chi connectivity index (χ4v) is 4.22. The number of nitrogens with zero attached hydrogens (tertiary/aromatic N) is 2. The van der Waals surface area contributed by atoms with E-state index in [-0.39, 0.29) is 0 Å². The lowest BCUT2D eigenvalue weighted by Crippen LogP contribution is -2.34. The zero-order chi connectivity index (χ0) is 16.4. The molecule has 4 rings (SSSR count). The standard InChI is InChI=1S/C20H26N2O2/c23-20-9-5-11-21(20)12-10-16-14-22(15-17-6-3-4-13-24-17)19-8-2-1-7-18(16)19/h1-2,4,7-8,13,16-17H,3,5-6,9-12,14-15H2/t16-,17-/m1/s1. The molecule has 24 heavy (non-hydrogen) atoms. The first-order chi connectivity index (χ1) is 11.8. The van der Waals surface area contributed by atoms with E-state index in [2.05, 4.69) is 35.2 Å². The minimum atomic E-state index is 0.293. The van der Waals surface area contributed by atoms with Crippen molar-refractivity contribution in [3.8, 4) is 0 Å². The molecule has 0 aliphatic carbocycles. The van der Waals surface area contributed by atoms with Crippen molar-refractivity contribution in [2.75, 3.05) is 31.1 Å². The van der Waals surface area contributed by atoms with Gasteiger partial charge in [0.1, 0.15) is 6.10 Å². The van der Waals surface area contributed by atoms with Crippen LogP contribution in [-0.2, 0) is 9.53 Å². The van der Waals surface area contributed by atoms with E-state index in [1.54, 1.807) is 0 Å². The molecule has 4 heteroatoms. The second-order valence-electron chi connectivity index (χ2n) is 7.14. The van der Waals surface area contributed by atoms with Gasteiger partial charge in [0.2, 0.25) is 5.91 Å². The van der Waals surface area contributed by atoms with Crippen molar-refractivity contribution in [1.82, 2.24) is 4.90 Å². The molecule has 0 bridgehead atoms. The van der Waals surface area contributed by atoms with E-state index in [9.17, 15) is 4.79 Å². The third-order valence-electron chi connectivity index (χ3n) is 5.52. The molecule has 3 heterocycles. The maximum atomic E-state index is 11.8. The molecule has 0 spiro atoms. The Labute approximate surface area is 144 Å². The van der Waals surface area contributed by atoms with E-state index in [1.165, 1.54) is 11.3 Å². The molecule has 4 nitrogen and oxygen atoms in total. The molecule has 1 fully saturated rings. The Bertz CT molecular complexity index is 628. The van der Waals surface area contributed by atoms with E-state index in [4.69, 9.17) is 4.74 Å². The predicted octanol–water partition coefficient (Wildman–Crippen LogP) is 3.30. The maximum absolute atomic E-state index is 11.8. The van der Waals surface area contributed by atoms with Crippen LogP contribution < -0.4 is 4.90 Å². The minimum absolute atomic E-state index is 0.293. The predicted molar refractivity (Wildman–Crippen MR) is 95.1 cm³/mol. The summed E-state index contributed by atoms with van der Waals surface area (Å²) in [5.74, 6) is 0.856. The first-order valence-corrected chi connectivity index (χ1v) is 9.23. The van der Waals surface area contributed by atoms with Crippen LogP contribution in [0.1, 0.15) is 43.6 Å². The van der Waals surface area contributed by atoms with Crippen LogP contribution in [0.3, 0.4) is 0 Å². The van der Waals surface area contributed by atoms with Gasteiger partial charge in [0.25, 0.3) is 0 Å². The lowest BCUT2D eigenvalue weighted by atomic mass is 9.98. The van der Waals surface area contributed by atoms with Crippen LogP contribution in [0.25, 0.3) is 0 Å². The van der Waals surface area contributed by atoms with Gasteiger partial charge in [0, 0.05) is 37.7 Å². The fraction of sp³-hybridized carbons (Fsp3) is 0.550. The van der Waals surface area contributed by atoms with Crippen LogP contribution in [0.5, 0.6) is 0 Å². The highest BCUT2D eigenvalue weighted by Crippen LogP contribution is 2.38. The molecule has 1 aromatic rings. The average molecular weight is 326 g/mol. The molecule has 0 N–H and O–H groups in total. The number of para-hydroxylation sites is 1. The number of ether oxygens (including phenoxy) is 1. The van der Waals surface area contributed by atoms with E-state index in [0.717, 1.165) is 58.3 Å². The number of fused-ring (bicyclic) bond motifs is 1. The van der Waals surface area contributed by atoms with Crippen molar-refractivity contribution in [1.29, 1.82) is 0 Å². The van der Waals surface area contributed by atoms with Crippen molar-refractivity contribution in [3.63, 3.8) is 0 Å². The molecule has 0 aromatic heterocycles. The summed E-state index contributed by atoms with van der Waals surface area (Å²) in [5.41, 5.74) is 2.80. The van der Waals surface area contributed by atoms with Crippen molar-refractivity contribution >= 4 is 11.6 Å². The highest BCUT2D eigenvalue weighted by molar-refractivity contribution is 5.78. The van der Waals surface area contributed by atoms with Crippen molar-refractivity contribution in [3.05, 3.63) is 42.2 Å². The van der Waals surface area contributed by atoms with Gasteiger partial charge in [0.05, 0.1) is 12.8 Å². The number of benzene rings is 1. The summed E-state index contributed by atoms with van der Waals surface area (Å²) in [7, 11) is 0. The van der Waals surface area contributed by atoms with Crippen LogP contribution >= 0.6 is 0 Å². The SMILES string of the molecule is O=C1CCCN1CC[C@@H]1CN(C[C@H]2CCC=CO2)c2ccccc21. The summed E-state index contributed by atoms with van der Waals surface area (Å²) >= 11 is 0. The number of hydrogen-bond acceptors (Lipinski definition) is 3. The smallest absolute Gasteiger partial charge is 0.222 e. The molecule has 3 aliphatic rings. The zero-order valence-electron chi connectivity index (χ0n) is 14.2. The first kappa shape index (κ1) is 15.6. The maximum Gasteiger partial charge on any atom is 0.222 e. The summed E-state index contributed by atoms with van der Waals surface area (Å²) < 4.78 is 5.77. The second-order valence-corrected chi connectivity index (χ2v) is 7.14. The molecule has 0 unspecified atom stereocenters. The number of likely N-dealkylation sites (tertiary alicyclic amines) is 1. The van der Waals surface area contributed by atoms with Crippen LogP contribution in [0.15, 0.2) is 36.6 Å². The van der Waals surface area contributed by atoms with Gasteiger partial charge in [0.15, 0.2) is 0 Å². The normalized spacial score (nSPS) is 25.9. The van der Waals surface area contributed by atoms with E-state index < -0.39 is 0 Å². The van der Waals surface area contributed by atoms with Crippen LogP contribution in [0.2, 0.25) is 0 Å².